The van der Waals surface area contributed by atoms with Crippen LogP contribution in [0.5, 0.6) is 11.5 Å². The molecule has 0 spiro atoms. The fraction of sp³-hybridized carbons (Fsp3) is 0.381. The lowest BCUT2D eigenvalue weighted by Gasteiger charge is -2.33. The molecule has 0 aromatic heterocycles. The molecule has 0 aliphatic rings. The third kappa shape index (κ3) is 4.13. The van der Waals surface area contributed by atoms with Crippen molar-refractivity contribution in [3.05, 3.63) is 59.7 Å². The largest absolute Gasteiger partial charge is 0.497 e. The molecule has 5 heteroatoms. The molecule has 0 aliphatic carbocycles. The molecular weight excluding hydrogens is 352 g/mol. The number of hydrogen-bond acceptors (Lipinski definition) is 4. The summed E-state index contributed by atoms with van der Waals surface area (Å²) in [5.74, 6) is 0.997. The summed E-state index contributed by atoms with van der Waals surface area (Å²) in [6.45, 7) is 5.38. The van der Waals surface area contributed by atoms with Crippen LogP contribution in [0.2, 0.25) is 0 Å². The highest BCUT2D eigenvalue weighted by atomic mass is 35.5. The number of methoxy groups -OCH3 is 2. The first-order valence-corrected chi connectivity index (χ1v) is 8.86. The predicted molar refractivity (Wildman–Crippen MR) is 103 cm³/mol. The van der Waals surface area contributed by atoms with Crippen molar-refractivity contribution in [3.63, 3.8) is 0 Å². The standard InChI is InChI=1S/C21H25ClO4/c1-6-20(2,22)19(23)26-21(3,15-7-11-17(24-4)12-8-15)16-9-13-18(25-5)14-10-16/h7-14H,6H2,1-5H3. The fourth-order valence-corrected chi connectivity index (χ4v) is 2.58. The number of hydrogen-bond donors (Lipinski definition) is 0. The van der Waals surface area contributed by atoms with Gasteiger partial charge in [-0.1, -0.05) is 31.2 Å². The third-order valence-electron chi connectivity index (χ3n) is 4.67. The molecule has 2 aromatic rings. The third-order valence-corrected chi connectivity index (χ3v) is 5.09. The minimum atomic E-state index is -1.08. The summed E-state index contributed by atoms with van der Waals surface area (Å²) >= 11 is 6.33. The van der Waals surface area contributed by atoms with Gasteiger partial charge < -0.3 is 14.2 Å². The van der Waals surface area contributed by atoms with Crippen molar-refractivity contribution in [1.29, 1.82) is 0 Å². The molecule has 1 unspecified atom stereocenters. The molecule has 0 amide bonds. The minimum absolute atomic E-state index is 0.462. The Labute approximate surface area is 160 Å². The lowest BCUT2D eigenvalue weighted by atomic mass is 9.87. The quantitative estimate of drug-likeness (QED) is 0.508. The lowest BCUT2D eigenvalue weighted by molar-refractivity contribution is -0.158. The molecule has 0 saturated heterocycles. The van der Waals surface area contributed by atoms with Crippen LogP contribution in [0.3, 0.4) is 0 Å². The van der Waals surface area contributed by atoms with Crippen molar-refractivity contribution >= 4 is 17.6 Å². The van der Waals surface area contributed by atoms with Gasteiger partial charge in [-0.25, -0.2) is 0 Å². The topological polar surface area (TPSA) is 44.8 Å². The highest BCUT2D eigenvalue weighted by Gasteiger charge is 2.39. The van der Waals surface area contributed by atoms with Crippen molar-refractivity contribution in [2.24, 2.45) is 0 Å². The van der Waals surface area contributed by atoms with E-state index in [9.17, 15) is 4.79 Å². The number of esters is 1. The van der Waals surface area contributed by atoms with Gasteiger partial charge in [0.1, 0.15) is 16.4 Å². The van der Waals surface area contributed by atoms with Crippen molar-refractivity contribution in [1.82, 2.24) is 0 Å². The summed E-state index contributed by atoms with van der Waals surface area (Å²) in [5.41, 5.74) is 0.641. The van der Waals surface area contributed by atoms with Gasteiger partial charge in [0.2, 0.25) is 0 Å². The Morgan fingerprint density at radius 1 is 0.885 bits per heavy atom. The van der Waals surface area contributed by atoms with Gasteiger partial charge >= 0.3 is 5.97 Å². The zero-order valence-electron chi connectivity index (χ0n) is 15.8. The van der Waals surface area contributed by atoms with Crippen molar-refractivity contribution in [2.45, 2.75) is 37.7 Å². The maximum Gasteiger partial charge on any atom is 0.328 e. The Morgan fingerprint density at radius 3 is 1.58 bits per heavy atom. The van der Waals surface area contributed by atoms with Crippen LogP contribution >= 0.6 is 11.6 Å². The zero-order chi connectivity index (χ0) is 19.4. The molecule has 4 nitrogen and oxygen atoms in total. The number of alkyl halides is 1. The second kappa shape index (κ2) is 8.00. The van der Waals surface area contributed by atoms with Gasteiger partial charge in [-0.3, -0.25) is 4.79 Å². The second-order valence-corrected chi connectivity index (χ2v) is 7.26. The van der Waals surface area contributed by atoms with Gasteiger partial charge in [0.05, 0.1) is 14.2 Å². The zero-order valence-corrected chi connectivity index (χ0v) is 16.6. The fourth-order valence-electron chi connectivity index (χ4n) is 2.54. The summed E-state index contributed by atoms with van der Waals surface area (Å²) in [6.07, 6.45) is 0.467. The molecule has 0 bridgehead atoms. The molecule has 2 rings (SSSR count). The summed E-state index contributed by atoms with van der Waals surface area (Å²) in [6, 6.07) is 14.9. The van der Waals surface area contributed by atoms with Crippen LogP contribution in [-0.2, 0) is 15.1 Å². The Morgan fingerprint density at radius 2 is 1.27 bits per heavy atom. The SMILES string of the molecule is CCC(C)(Cl)C(=O)OC(C)(c1ccc(OC)cc1)c1ccc(OC)cc1. The van der Waals surface area contributed by atoms with Crippen molar-refractivity contribution < 1.29 is 19.0 Å². The molecule has 0 radical (unpaired) electrons. The van der Waals surface area contributed by atoms with Crippen molar-refractivity contribution in [2.75, 3.05) is 14.2 Å². The van der Waals surface area contributed by atoms with E-state index < -0.39 is 16.4 Å². The molecule has 0 saturated carbocycles. The molecule has 2 aromatic carbocycles. The number of benzene rings is 2. The van der Waals surface area contributed by atoms with Crippen LogP contribution in [0, 0.1) is 0 Å². The number of halogens is 1. The molecule has 0 N–H and O–H groups in total. The maximum atomic E-state index is 12.7. The molecule has 0 heterocycles. The monoisotopic (exact) mass is 376 g/mol. The van der Waals surface area contributed by atoms with E-state index in [1.807, 2.05) is 62.4 Å². The highest BCUT2D eigenvalue weighted by Crippen LogP contribution is 2.37. The second-order valence-electron chi connectivity index (χ2n) is 6.43. The van der Waals surface area contributed by atoms with Gasteiger partial charge in [-0.15, -0.1) is 11.6 Å². The number of rotatable bonds is 7. The molecule has 140 valence electrons. The summed E-state index contributed by atoms with van der Waals surface area (Å²) in [4.78, 5) is 11.6. The van der Waals surface area contributed by atoms with Gasteiger partial charge in [0, 0.05) is 11.1 Å². The normalized spacial score (nSPS) is 13.6. The first-order valence-electron chi connectivity index (χ1n) is 8.48. The van der Waals surface area contributed by atoms with E-state index in [1.165, 1.54) is 0 Å². The summed E-state index contributed by atoms with van der Waals surface area (Å²) in [5, 5.41) is 0. The van der Waals surface area contributed by atoms with E-state index in [2.05, 4.69) is 0 Å². The van der Waals surface area contributed by atoms with Crippen LogP contribution in [-0.4, -0.2) is 25.1 Å². The van der Waals surface area contributed by atoms with E-state index in [0.29, 0.717) is 6.42 Å². The summed E-state index contributed by atoms with van der Waals surface area (Å²) < 4.78 is 16.4. The van der Waals surface area contributed by atoms with Gasteiger partial charge in [-0.2, -0.15) is 0 Å². The van der Waals surface area contributed by atoms with E-state index in [4.69, 9.17) is 25.8 Å². The lowest BCUT2D eigenvalue weighted by Crippen LogP contribution is -2.38. The minimum Gasteiger partial charge on any atom is -0.497 e. The average Bonchev–Trinajstić information content (AvgIpc) is 2.67. The smallest absolute Gasteiger partial charge is 0.328 e. The predicted octanol–water partition coefficient (Wildman–Crippen LogP) is 4.92. The van der Waals surface area contributed by atoms with E-state index in [1.54, 1.807) is 21.1 Å². The Kier molecular flexibility index (Phi) is 6.19. The van der Waals surface area contributed by atoms with Crippen molar-refractivity contribution in [3.8, 4) is 11.5 Å². The first-order chi connectivity index (χ1) is 12.3. The molecule has 26 heavy (non-hydrogen) atoms. The number of carbonyl (C=O) groups is 1. The Hall–Kier alpha value is -2.20. The Bertz CT molecular complexity index is 688. The van der Waals surface area contributed by atoms with E-state index in [0.717, 1.165) is 22.6 Å². The highest BCUT2D eigenvalue weighted by molar-refractivity contribution is 6.33. The van der Waals surface area contributed by atoms with Gasteiger partial charge in [0.15, 0.2) is 5.60 Å². The Balaban J connectivity index is 2.50. The maximum absolute atomic E-state index is 12.7. The molecular formula is C21H25ClO4. The van der Waals surface area contributed by atoms with Gasteiger partial charge in [0.25, 0.3) is 0 Å². The van der Waals surface area contributed by atoms with E-state index in [-0.39, 0.29) is 0 Å². The molecule has 0 aliphatic heterocycles. The average molecular weight is 377 g/mol. The van der Waals surface area contributed by atoms with Crippen LogP contribution in [0.1, 0.15) is 38.3 Å². The van der Waals surface area contributed by atoms with Crippen LogP contribution in [0.25, 0.3) is 0 Å². The number of carbonyl (C=O) groups excluding carboxylic acids is 1. The molecule has 0 fully saturated rings. The number of ether oxygens (including phenoxy) is 3. The van der Waals surface area contributed by atoms with Crippen LogP contribution in [0.15, 0.2) is 48.5 Å². The molecule has 1 atom stereocenters. The van der Waals surface area contributed by atoms with E-state index >= 15 is 0 Å². The van der Waals surface area contributed by atoms with Crippen LogP contribution in [0.4, 0.5) is 0 Å². The first kappa shape index (κ1) is 20.1. The van der Waals surface area contributed by atoms with Crippen LogP contribution < -0.4 is 9.47 Å². The summed E-state index contributed by atoms with van der Waals surface area (Å²) in [7, 11) is 3.22. The van der Waals surface area contributed by atoms with Gasteiger partial charge in [-0.05, 0) is 44.5 Å².